The highest BCUT2D eigenvalue weighted by Crippen LogP contribution is 2.63. The van der Waals surface area contributed by atoms with Gasteiger partial charge in [-0.05, 0) is 28.5 Å². The highest BCUT2D eigenvalue weighted by Gasteiger charge is 2.30. The molecule has 0 saturated carbocycles. The van der Waals surface area contributed by atoms with Crippen molar-refractivity contribution in [2.45, 2.75) is 78.5 Å². The lowest BCUT2D eigenvalue weighted by atomic mass is 10.3. The quantitative estimate of drug-likeness (QED) is 0.377. The topological polar surface area (TPSA) is 0 Å². The Labute approximate surface area is 146 Å². The summed E-state index contributed by atoms with van der Waals surface area (Å²) in [5.41, 5.74) is 0. The van der Waals surface area contributed by atoms with Crippen molar-refractivity contribution in [1.82, 2.24) is 0 Å². The molecule has 0 aliphatic heterocycles. The predicted octanol–water partition coefficient (Wildman–Crippen LogP) is 7.48. The minimum absolute atomic E-state index is 0. The van der Waals surface area contributed by atoms with Crippen molar-refractivity contribution in [3.05, 3.63) is 0 Å². The first-order chi connectivity index (χ1) is 7.62. The van der Waals surface area contributed by atoms with E-state index in [0.717, 1.165) is 0 Å². The standard InChI is InChI=1S/C15H34P2.2BrH/c1-9-11-16(14(3,4)5)13-17(12-10-2)15(6,7)8;;/h9-13H2,1-8H3;2*1H. The predicted molar refractivity (Wildman–Crippen MR) is 109 cm³/mol. The van der Waals surface area contributed by atoms with Gasteiger partial charge in [-0.1, -0.05) is 84.1 Å². The monoisotopic (exact) mass is 436 g/mol. The van der Waals surface area contributed by atoms with E-state index in [9.17, 15) is 0 Å². The van der Waals surface area contributed by atoms with Gasteiger partial charge in [-0.15, -0.1) is 34.0 Å². The van der Waals surface area contributed by atoms with E-state index < -0.39 is 0 Å². The third kappa shape index (κ3) is 11.1. The fraction of sp³-hybridized carbons (Fsp3) is 1.00. The molecule has 0 aromatic heterocycles. The summed E-state index contributed by atoms with van der Waals surface area (Å²) in [5, 5.41) is 1.09. The fourth-order valence-electron chi connectivity index (χ4n) is 1.98. The lowest BCUT2D eigenvalue weighted by molar-refractivity contribution is 0.769. The number of hydrogen-bond donors (Lipinski definition) is 0. The summed E-state index contributed by atoms with van der Waals surface area (Å²) in [6, 6.07) is 0. The molecular weight excluding hydrogens is 402 g/mol. The van der Waals surface area contributed by atoms with Gasteiger partial charge in [0.1, 0.15) is 0 Å². The van der Waals surface area contributed by atoms with E-state index in [1.54, 1.807) is 5.90 Å². The van der Waals surface area contributed by atoms with Gasteiger partial charge >= 0.3 is 0 Å². The van der Waals surface area contributed by atoms with Crippen LogP contribution >= 0.6 is 49.8 Å². The van der Waals surface area contributed by atoms with E-state index in [1.807, 2.05) is 0 Å². The minimum Gasteiger partial charge on any atom is -0.114 e. The Balaban J connectivity index is -0.00000128. The van der Waals surface area contributed by atoms with E-state index >= 15 is 0 Å². The summed E-state index contributed by atoms with van der Waals surface area (Å²) in [6.07, 6.45) is 5.67. The zero-order chi connectivity index (χ0) is 13.7. The van der Waals surface area contributed by atoms with Gasteiger partial charge in [0.2, 0.25) is 0 Å². The molecule has 0 saturated heterocycles. The summed E-state index contributed by atoms with van der Waals surface area (Å²) >= 11 is 0. The van der Waals surface area contributed by atoms with E-state index in [0.29, 0.717) is 10.3 Å². The molecule has 0 spiro atoms. The van der Waals surface area contributed by atoms with Crippen molar-refractivity contribution in [1.29, 1.82) is 0 Å². The second-order valence-electron chi connectivity index (χ2n) is 7.01. The first-order valence-corrected chi connectivity index (χ1v) is 10.6. The van der Waals surface area contributed by atoms with Crippen LogP contribution in [0.2, 0.25) is 0 Å². The lowest BCUT2D eigenvalue weighted by Crippen LogP contribution is -2.20. The van der Waals surface area contributed by atoms with E-state index in [2.05, 4.69) is 55.4 Å². The summed E-state index contributed by atoms with van der Waals surface area (Å²) in [5.74, 6) is 1.54. The molecule has 19 heavy (non-hydrogen) atoms. The summed E-state index contributed by atoms with van der Waals surface area (Å²) in [4.78, 5) is 0. The van der Waals surface area contributed by atoms with Crippen LogP contribution in [0.15, 0.2) is 0 Å². The zero-order valence-corrected chi connectivity index (χ0v) is 19.5. The van der Waals surface area contributed by atoms with Crippen LogP contribution in [0.4, 0.5) is 0 Å². The van der Waals surface area contributed by atoms with Gasteiger partial charge in [0.05, 0.1) is 0 Å². The summed E-state index contributed by atoms with van der Waals surface area (Å²) in [7, 11) is 0.424. The number of halogens is 2. The summed E-state index contributed by atoms with van der Waals surface area (Å²) in [6.45, 7) is 19.4. The van der Waals surface area contributed by atoms with Crippen molar-refractivity contribution >= 4 is 49.8 Å². The Kier molecular flexibility index (Phi) is 15.4. The molecule has 120 valence electrons. The molecule has 0 heterocycles. The maximum atomic E-state index is 2.45. The van der Waals surface area contributed by atoms with E-state index in [4.69, 9.17) is 0 Å². The van der Waals surface area contributed by atoms with Gasteiger partial charge in [-0.3, -0.25) is 0 Å². The van der Waals surface area contributed by atoms with Crippen LogP contribution in [0.3, 0.4) is 0 Å². The van der Waals surface area contributed by atoms with Crippen molar-refractivity contribution < 1.29 is 0 Å². The van der Waals surface area contributed by atoms with Crippen molar-refractivity contribution in [2.24, 2.45) is 0 Å². The normalized spacial score (nSPS) is 15.2. The Bertz CT molecular complexity index is 185. The third-order valence-corrected chi connectivity index (χ3v) is 11.7. The third-order valence-electron chi connectivity index (χ3n) is 3.23. The van der Waals surface area contributed by atoms with Gasteiger partial charge in [0, 0.05) is 0 Å². The molecule has 0 nitrogen and oxygen atoms in total. The number of hydrogen-bond acceptors (Lipinski definition) is 0. The Morgan fingerprint density at radius 1 is 0.632 bits per heavy atom. The summed E-state index contributed by atoms with van der Waals surface area (Å²) < 4.78 is 0. The second-order valence-corrected chi connectivity index (χ2v) is 13.9. The Morgan fingerprint density at radius 2 is 0.895 bits per heavy atom. The smallest absolute Gasteiger partial charge is 0.0111 e. The highest BCUT2D eigenvalue weighted by molar-refractivity contribution is 8.93. The van der Waals surface area contributed by atoms with Crippen molar-refractivity contribution in [3.63, 3.8) is 0 Å². The molecule has 2 unspecified atom stereocenters. The SMILES string of the molecule is Br.Br.CCCP(CP(CCC)C(C)(C)C)C(C)(C)C. The maximum Gasteiger partial charge on any atom is -0.0111 e. The molecule has 2 atom stereocenters. The molecule has 4 heteroatoms. The van der Waals surface area contributed by atoms with Crippen LogP contribution in [-0.4, -0.2) is 28.5 Å². The zero-order valence-electron chi connectivity index (χ0n) is 14.2. The van der Waals surface area contributed by atoms with Gasteiger partial charge in [0.15, 0.2) is 0 Å². The van der Waals surface area contributed by atoms with Crippen LogP contribution in [-0.2, 0) is 0 Å². The van der Waals surface area contributed by atoms with E-state index in [-0.39, 0.29) is 49.8 Å². The van der Waals surface area contributed by atoms with Crippen LogP contribution in [0.25, 0.3) is 0 Å². The Hall–Kier alpha value is 1.82. The molecular formula is C15H36Br2P2. The van der Waals surface area contributed by atoms with Gasteiger partial charge < -0.3 is 0 Å². The van der Waals surface area contributed by atoms with Gasteiger partial charge in [0.25, 0.3) is 0 Å². The molecule has 0 N–H and O–H groups in total. The average Bonchev–Trinajstić information content (AvgIpc) is 2.12. The fourth-order valence-corrected chi connectivity index (χ4v) is 10.6. The molecule has 0 fully saturated rings. The Morgan fingerprint density at radius 3 is 1.05 bits per heavy atom. The molecule has 0 radical (unpaired) electrons. The molecule has 0 aromatic rings. The number of rotatable bonds is 6. The molecule has 0 aliphatic rings. The van der Waals surface area contributed by atoms with E-state index in [1.165, 1.54) is 25.2 Å². The first-order valence-electron chi connectivity index (χ1n) is 7.13. The second kappa shape index (κ2) is 11.4. The van der Waals surface area contributed by atoms with Gasteiger partial charge in [-0.2, -0.15) is 0 Å². The minimum atomic E-state index is 0. The van der Waals surface area contributed by atoms with Crippen LogP contribution in [0.1, 0.15) is 68.2 Å². The lowest BCUT2D eigenvalue weighted by Gasteiger charge is -2.39. The van der Waals surface area contributed by atoms with Gasteiger partial charge in [-0.25, -0.2) is 0 Å². The van der Waals surface area contributed by atoms with Crippen LogP contribution in [0.5, 0.6) is 0 Å². The molecule has 0 rings (SSSR count). The van der Waals surface area contributed by atoms with Crippen molar-refractivity contribution in [3.8, 4) is 0 Å². The molecule has 0 amide bonds. The molecule has 0 aliphatic carbocycles. The maximum absolute atomic E-state index is 2.45. The average molecular weight is 438 g/mol. The molecule has 0 aromatic carbocycles. The highest BCUT2D eigenvalue weighted by atomic mass is 79.9. The van der Waals surface area contributed by atoms with Crippen LogP contribution in [0, 0.1) is 0 Å². The molecule has 0 bridgehead atoms. The van der Waals surface area contributed by atoms with Crippen molar-refractivity contribution in [2.75, 3.05) is 18.2 Å². The largest absolute Gasteiger partial charge is 0.114 e. The van der Waals surface area contributed by atoms with Crippen LogP contribution < -0.4 is 0 Å². The first kappa shape index (κ1) is 25.8.